The average molecular weight is 562 g/mol. The number of sulfonamides is 1. The lowest BCUT2D eigenvalue weighted by Gasteiger charge is -2.31. The molecule has 0 aromatic heterocycles. The summed E-state index contributed by atoms with van der Waals surface area (Å²) in [6, 6.07) is 11.7. The van der Waals surface area contributed by atoms with Crippen molar-refractivity contribution in [3.8, 4) is 17.2 Å². The largest absolute Gasteiger partial charge is 0.497 e. The van der Waals surface area contributed by atoms with Gasteiger partial charge in [0.2, 0.25) is 28.6 Å². The molecule has 214 valence electrons. The van der Waals surface area contributed by atoms with Crippen molar-refractivity contribution in [3.63, 3.8) is 0 Å². The van der Waals surface area contributed by atoms with Gasteiger partial charge in [0.15, 0.2) is 11.5 Å². The monoisotopic (exact) mass is 561 g/mol. The molecule has 0 saturated carbocycles. The van der Waals surface area contributed by atoms with Crippen LogP contribution in [0, 0.1) is 0 Å². The molecule has 0 saturated heterocycles. The number of benzene rings is 2. The van der Waals surface area contributed by atoms with E-state index in [1.807, 2.05) is 38.1 Å². The van der Waals surface area contributed by atoms with Crippen LogP contribution in [0.3, 0.4) is 0 Å². The van der Waals surface area contributed by atoms with Gasteiger partial charge in [0.05, 0.1) is 19.1 Å². The number of nitrogens with zero attached hydrogens (tertiary/aromatic N) is 2. The van der Waals surface area contributed by atoms with Gasteiger partial charge >= 0.3 is 0 Å². The highest BCUT2D eigenvalue weighted by molar-refractivity contribution is 7.92. The topological polar surface area (TPSA) is 114 Å². The first-order chi connectivity index (χ1) is 18.7. The summed E-state index contributed by atoms with van der Waals surface area (Å²) >= 11 is 0. The van der Waals surface area contributed by atoms with Gasteiger partial charge < -0.3 is 24.4 Å². The summed E-state index contributed by atoms with van der Waals surface area (Å²) in [5.74, 6) is 1.32. The molecule has 2 amide bonds. The molecule has 0 bridgehead atoms. The fourth-order valence-corrected chi connectivity index (χ4v) is 5.35. The van der Waals surface area contributed by atoms with Gasteiger partial charge in [-0.1, -0.05) is 32.4 Å². The maximum absolute atomic E-state index is 13.5. The molecular formula is C28H39N3O7S. The van der Waals surface area contributed by atoms with E-state index in [0.717, 1.165) is 24.7 Å². The van der Waals surface area contributed by atoms with Crippen LogP contribution in [-0.2, 0) is 26.2 Å². The van der Waals surface area contributed by atoms with Crippen LogP contribution >= 0.6 is 0 Å². The van der Waals surface area contributed by atoms with Crippen molar-refractivity contribution >= 4 is 27.5 Å². The summed E-state index contributed by atoms with van der Waals surface area (Å²) in [6.45, 7) is 4.91. The van der Waals surface area contributed by atoms with Crippen molar-refractivity contribution in [3.05, 3.63) is 48.0 Å². The number of carbonyl (C=O) groups is 2. The van der Waals surface area contributed by atoms with Crippen LogP contribution in [0.25, 0.3) is 0 Å². The normalized spacial score (nSPS) is 13.0. The third kappa shape index (κ3) is 8.26. The first kappa shape index (κ1) is 30.1. The Kier molecular flexibility index (Phi) is 10.8. The van der Waals surface area contributed by atoms with Crippen molar-refractivity contribution in [2.45, 2.75) is 58.5 Å². The summed E-state index contributed by atoms with van der Waals surface area (Å²) in [5, 5.41) is 2.95. The molecule has 1 aliphatic heterocycles. The van der Waals surface area contributed by atoms with Crippen LogP contribution in [0.1, 0.15) is 51.5 Å². The van der Waals surface area contributed by atoms with Gasteiger partial charge in [0, 0.05) is 32.1 Å². The number of ether oxygens (including phenoxy) is 3. The SMILES string of the molecule is CCCCNC(=O)[C@H](CC)N(Cc1ccc(OC)cc1)C(=O)CCCN(c1ccc2c(c1)OCO2)S(C)(=O)=O. The van der Waals surface area contributed by atoms with Gasteiger partial charge in [-0.15, -0.1) is 0 Å². The lowest BCUT2D eigenvalue weighted by atomic mass is 10.1. The smallest absolute Gasteiger partial charge is 0.242 e. The maximum atomic E-state index is 13.5. The highest BCUT2D eigenvalue weighted by atomic mass is 32.2. The Morgan fingerprint density at radius 2 is 1.77 bits per heavy atom. The Morgan fingerprint density at radius 1 is 1.05 bits per heavy atom. The molecule has 0 spiro atoms. The summed E-state index contributed by atoms with van der Waals surface area (Å²) in [4.78, 5) is 28.2. The number of rotatable bonds is 15. The number of amides is 2. The third-order valence-corrected chi connectivity index (χ3v) is 7.72. The van der Waals surface area contributed by atoms with E-state index < -0.39 is 16.1 Å². The quantitative estimate of drug-likeness (QED) is 0.330. The highest BCUT2D eigenvalue weighted by Gasteiger charge is 2.29. The number of carbonyl (C=O) groups excluding carboxylic acids is 2. The zero-order valence-electron chi connectivity index (χ0n) is 23.1. The van der Waals surface area contributed by atoms with Crippen molar-refractivity contribution in [1.29, 1.82) is 0 Å². The van der Waals surface area contributed by atoms with Gasteiger partial charge in [-0.05, 0) is 49.1 Å². The summed E-state index contributed by atoms with van der Waals surface area (Å²) < 4.78 is 42.4. The number of nitrogens with one attached hydrogen (secondary N) is 1. The van der Waals surface area contributed by atoms with E-state index in [1.54, 1.807) is 30.2 Å². The van der Waals surface area contributed by atoms with E-state index in [2.05, 4.69) is 5.32 Å². The number of fused-ring (bicyclic) bond motifs is 1. The van der Waals surface area contributed by atoms with Gasteiger partial charge in [0.1, 0.15) is 11.8 Å². The van der Waals surface area contributed by atoms with Crippen LogP contribution in [-0.4, -0.2) is 64.4 Å². The standard InChI is InChI=1S/C28H39N3O7S/c1-5-7-16-29-28(33)24(6-2)30(19-21-10-13-23(36-3)14-11-21)27(32)9-8-17-31(39(4,34)35)22-12-15-25-26(18-22)38-20-37-25/h10-15,18,24H,5-9,16-17,19-20H2,1-4H3,(H,29,33)/t24-/m0/s1. The molecule has 0 aliphatic carbocycles. The Hall–Kier alpha value is -3.47. The number of unbranched alkanes of at least 4 members (excludes halogenated alkanes) is 1. The fraction of sp³-hybridized carbons (Fsp3) is 0.500. The zero-order chi connectivity index (χ0) is 28.4. The molecule has 1 aliphatic rings. The second-order valence-electron chi connectivity index (χ2n) is 9.41. The molecule has 39 heavy (non-hydrogen) atoms. The molecule has 1 atom stereocenters. The van der Waals surface area contributed by atoms with Gasteiger partial charge in [0.25, 0.3) is 0 Å². The summed E-state index contributed by atoms with van der Waals surface area (Å²) in [5.41, 5.74) is 1.30. The van der Waals surface area contributed by atoms with E-state index in [1.165, 1.54) is 4.31 Å². The van der Waals surface area contributed by atoms with Gasteiger partial charge in [-0.3, -0.25) is 13.9 Å². The molecule has 1 N–H and O–H groups in total. The molecule has 2 aromatic carbocycles. The van der Waals surface area contributed by atoms with E-state index in [9.17, 15) is 18.0 Å². The van der Waals surface area contributed by atoms with Crippen molar-refractivity contribution in [2.75, 3.05) is 37.6 Å². The zero-order valence-corrected chi connectivity index (χ0v) is 24.0. The second-order valence-corrected chi connectivity index (χ2v) is 11.3. The highest BCUT2D eigenvalue weighted by Crippen LogP contribution is 2.36. The van der Waals surface area contributed by atoms with Crippen LogP contribution in [0.2, 0.25) is 0 Å². The minimum Gasteiger partial charge on any atom is -0.497 e. The van der Waals surface area contributed by atoms with E-state index in [0.29, 0.717) is 35.9 Å². The molecular weight excluding hydrogens is 522 g/mol. The van der Waals surface area contributed by atoms with Gasteiger partial charge in [-0.2, -0.15) is 0 Å². The predicted octanol–water partition coefficient (Wildman–Crippen LogP) is 3.69. The lowest BCUT2D eigenvalue weighted by molar-refractivity contribution is -0.141. The van der Waals surface area contributed by atoms with Crippen molar-refractivity contribution < 1.29 is 32.2 Å². The number of hydrogen-bond acceptors (Lipinski definition) is 7. The predicted molar refractivity (Wildman–Crippen MR) is 150 cm³/mol. The Balaban J connectivity index is 1.75. The molecule has 1 heterocycles. The Bertz CT molecular complexity index is 1220. The minimum absolute atomic E-state index is 0.0749. The Morgan fingerprint density at radius 3 is 2.41 bits per heavy atom. The van der Waals surface area contributed by atoms with Gasteiger partial charge in [-0.25, -0.2) is 8.42 Å². The number of hydrogen-bond donors (Lipinski definition) is 1. The van der Waals surface area contributed by atoms with Crippen LogP contribution in [0.15, 0.2) is 42.5 Å². The van der Waals surface area contributed by atoms with Crippen molar-refractivity contribution in [1.82, 2.24) is 10.2 Å². The number of methoxy groups -OCH3 is 1. The Labute approximate surface area is 231 Å². The summed E-state index contributed by atoms with van der Waals surface area (Å²) in [6.07, 6.45) is 3.73. The fourth-order valence-electron chi connectivity index (χ4n) is 4.40. The van der Waals surface area contributed by atoms with Crippen molar-refractivity contribution in [2.24, 2.45) is 0 Å². The lowest BCUT2D eigenvalue weighted by Crippen LogP contribution is -2.49. The second kappa shape index (κ2) is 14.1. The minimum atomic E-state index is -3.62. The molecule has 10 nitrogen and oxygen atoms in total. The molecule has 0 radical (unpaired) electrons. The number of anilines is 1. The van der Waals surface area contributed by atoms with E-state index in [4.69, 9.17) is 14.2 Å². The van der Waals surface area contributed by atoms with E-state index >= 15 is 0 Å². The molecule has 0 unspecified atom stereocenters. The average Bonchev–Trinajstić information content (AvgIpc) is 3.38. The van der Waals surface area contributed by atoms with Crippen LogP contribution < -0.4 is 23.8 Å². The molecule has 2 aromatic rings. The first-order valence-electron chi connectivity index (χ1n) is 13.2. The third-order valence-electron chi connectivity index (χ3n) is 6.52. The first-order valence-corrected chi connectivity index (χ1v) is 15.1. The van der Waals surface area contributed by atoms with Crippen LogP contribution in [0.4, 0.5) is 5.69 Å². The van der Waals surface area contributed by atoms with Crippen LogP contribution in [0.5, 0.6) is 17.2 Å². The summed E-state index contributed by atoms with van der Waals surface area (Å²) in [7, 11) is -2.03. The molecule has 0 fully saturated rings. The maximum Gasteiger partial charge on any atom is 0.242 e. The van der Waals surface area contributed by atoms with E-state index in [-0.39, 0.29) is 44.5 Å². The molecule has 11 heteroatoms. The molecule has 3 rings (SSSR count).